The van der Waals surface area contributed by atoms with E-state index in [-0.39, 0.29) is 116 Å². The molecule has 0 bridgehead atoms. The standard InChI is InChI=1S/C18H17N3O12S4.3Na/c19-17-16(36(27,28)29)10-11-9-14(35(24,25)26)5-6-15(11)18(17)21-20-12-1-3-13(4-2-12)34(22,23)8-7-33-37(30,31)32;;;/h1-6,9-10H,7-8,19H2,(H,24,25,26)(H,27,28,29)(H,30,31,32);;;/q;3*+1/p-3. The minimum absolute atomic E-state index is 0. The molecule has 3 aromatic carbocycles. The molecule has 200 valence electrons. The Labute approximate surface area is 296 Å². The summed E-state index contributed by atoms with van der Waals surface area (Å²) in [5.74, 6) is -0.810. The van der Waals surface area contributed by atoms with Crippen LogP contribution in [0.25, 0.3) is 10.8 Å². The Kier molecular flexibility index (Phi) is 15.1. The van der Waals surface area contributed by atoms with Gasteiger partial charge in [0, 0.05) is 5.39 Å². The van der Waals surface area contributed by atoms with E-state index < -0.39 is 68.3 Å². The molecule has 0 aliphatic rings. The molecule has 22 heteroatoms. The smallest absolute Gasteiger partial charge is 0.744 e. The first kappa shape index (κ1) is 40.0. The molecule has 0 saturated carbocycles. The maximum atomic E-state index is 12.2. The van der Waals surface area contributed by atoms with Crippen LogP contribution in [0.3, 0.4) is 0 Å². The van der Waals surface area contributed by atoms with Crippen LogP contribution in [0.4, 0.5) is 17.1 Å². The maximum absolute atomic E-state index is 12.2. The van der Waals surface area contributed by atoms with Crippen LogP contribution in [0.2, 0.25) is 0 Å². The van der Waals surface area contributed by atoms with Crippen LogP contribution < -0.4 is 94.4 Å². The van der Waals surface area contributed by atoms with Gasteiger partial charge >= 0.3 is 88.7 Å². The number of rotatable bonds is 9. The van der Waals surface area contributed by atoms with Crippen LogP contribution in [0.5, 0.6) is 0 Å². The normalized spacial score (nSPS) is 12.4. The van der Waals surface area contributed by atoms with Crippen molar-refractivity contribution < 1.29 is 140 Å². The Bertz CT molecular complexity index is 1850. The predicted octanol–water partition coefficient (Wildman–Crippen LogP) is -8.09. The van der Waals surface area contributed by atoms with Gasteiger partial charge in [-0.2, -0.15) is 5.11 Å². The van der Waals surface area contributed by atoms with Gasteiger partial charge in [-0.3, -0.25) is 4.18 Å². The Balaban J connectivity index is 0.00000507. The monoisotopic (exact) mass is 661 g/mol. The molecule has 2 N–H and O–H groups in total. The third-order valence-electron chi connectivity index (χ3n) is 4.68. The molecule has 0 spiro atoms. The van der Waals surface area contributed by atoms with E-state index in [1.807, 2.05) is 0 Å². The molecule has 0 atom stereocenters. The van der Waals surface area contributed by atoms with Gasteiger partial charge in [-0.25, -0.2) is 33.7 Å². The SMILES string of the molecule is Nc1c(S(=O)(=O)[O-])cc2cc(S(=O)(=O)[O-])ccc2c1N=Nc1ccc(S(=O)(=O)CCOS(=O)(=O)[O-])cc1.[Na+].[Na+].[Na+]. The molecule has 0 fully saturated rings. The first-order chi connectivity index (χ1) is 16.9. The number of sulfone groups is 1. The molecule has 0 aromatic heterocycles. The molecular weight excluding hydrogens is 647 g/mol. The van der Waals surface area contributed by atoms with Crippen molar-refractivity contribution in [1.82, 2.24) is 0 Å². The van der Waals surface area contributed by atoms with E-state index in [0.29, 0.717) is 0 Å². The number of hydrogen-bond donors (Lipinski definition) is 1. The second-order valence-corrected chi connectivity index (χ2v) is 13.1. The molecule has 3 rings (SSSR count). The molecule has 0 aliphatic carbocycles. The van der Waals surface area contributed by atoms with E-state index >= 15 is 0 Å². The average molecular weight is 662 g/mol. The molecular formula is C18H14N3Na3O12S4. The summed E-state index contributed by atoms with van der Waals surface area (Å²) in [5, 5.41) is 7.56. The number of hydrogen-bond acceptors (Lipinski definition) is 15. The average Bonchev–Trinajstić information content (AvgIpc) is 2.75. The zero-order chi connectivity index (χ0) is 27.8. The summed E-state index contributed by atoms with van der Waals surface area (Å²) in [4.78, 5) is -1.90. The van der Waals surface area contributed by atoms with Crippen molar-refractivity contribution in [2.45, 2.75) is 14.7 Å². The van der Waals surface area contributed by atoms with Crippen molar-refractivity contribution in [3.8, 4) is 0 Å². The molecule has 0 radical (unpaired) electrons. The second kappa shape index (κ2) is 15.1. The van der Waals surface area contributed by atoms with Crippen LogP contribution in [-0.4, -0.2) is 59.7 Å². The summed E-state index contributed by atoms with van der Waals surface area (Å²) in [6, 6.07) is 8.20. The van der Waals surface area contributed by atoms with E-state index in [1.165, 1.54) is 12.1 Å². The largest absolute Gasteiger partial charge is 1.00 e. The first-order valence-corrected chi connectivity index (χ1v) is 15.3. The fourth-order valence-electron chi connectivity index (χ4n) is 3.02. The van der Waals surface area contributed by atoms with Gasteiger partial charge in [-0.15, -0.1) is 5.11 Å². The van der Waals surface area contributed by atoms with E-state index in [4.69, 9.17) is 5.73 Å². The summed E-state index contributed by atoms with van der Waals surface area (Å²) in [5.41, 5.74) is 4.90. The van der Waals surface area contributed by atoms with Crippen molar-refractivity contribution in [2.75, 3.05) is 18.1 Å². The van der Waals surface area contributed by atoms with Crippen molar-refractivity contribution in [3.63, 3.8) is 0 Å². The molecule has 0 unspecified atom stereocenters. The van der Waals surface area contributed by atoms with Gasteiger partial charge in [-0.1, -0.05) is 6.07 Å². The summed E-state index contributed by atoms with van der Waals surface area (Å²) in [6.45, 7) is -0.893. The molecule has 40 heavy (non-hydrogen) atoms. The Morgan fingerprint density at radius 2 is 1.27 bits per heavy atom. The van der Waals surface area contributed by atoms with E-state index in [2.05, 4.69) is 14.4 Å². The van der Waals surface area contributed by atoms with Crippen molar-refractivity contribution in [2.24, 2.45) is 10.2 Å². The maximum Gasteiger partial charge on any atom is 1.00 e. The fourth-order valence-corrected chi connectivity index (χ4v) is 5.64. The van der Waals surface area contributed by atoms with Crippen molar-refractivity contribution in [3.05, 3.63) is 48.5 Å². The van der Waals surface area contributed by atoms with E-state index in [0.717, 1.165) is 36.4 Å². The van der Waals surface area contributed by atoms with E-state index in [9.17, 15) is 47.3 Å². The number of benzene rings is 3. The van der Waals surface area contributed by atoms with Crippen LogP contribution in [0.1, 0.15) is 0 Å². The first-order valence-electron chi connectivity index (χ1n) is 9.51. The molecule has 15 nitrogen and oxygen atoms in total. The number of nitrogens with two attached hydrogens (primary N) is 1. The summed E-state index contributed by atoms with van der Waals surface area (Å²) in [7, 11) is -19.2. The van der Waals surface area contributed by atoms with E-state index in [1.54, 1.807) is 0 Å². The number of azo groups is 1. The minimum Gasteiger partial charge on any atom is -0.744 e. The molecule has 3 aromatic rings. The van der Waals surface area contributed by atoms with Gasteiger partial charge in [0.2, 0.25) is 10.4 Å². The predicted molar refractivity (Wildman–Crippen MR) is 123 cm³/mol. The number of anilines is 1. The van der Waals surface area contributed by atoms with Crippen molar-refractivity contribution in [1.29, 1.82) is 0 Å². The third kappa shape index (κ3) is 10.6. The van der Waals surface area contributed by atoms with Gasteiger partial charge in [0.05, 0.1) is 38.4 Å². The van der Waals surface area contributed by atoms with Gasteiger partial charge in [0.15, 0.2) is 9.84 Å². The fraction of sp³-hybridized carbons (Fsp3) is 0.111. The molecule has 0 saturated heterocycles. The quantitative estimate of drug-likeness (QED) is 0.0735. The van der Waals surface area contributed by atoms with Gasteiger partial charge in [0.1, 0.15) is 25.9 Å². The summed E-state index contributed by atoms with van der Waals surface area (Å²) in [6.07, 6.45) is 0. The Morgan fingerprint density at radius 3 is 1.77 bits per heavy atom. The van der Waals surface area contributed by atoms with Gasteiger partial charge in [-0.05, 0) is 47.9 Å². The van der Waals surface area contributed by atoms with Gasteiger partial charge < -0.3 is 19.4 Å². The van der Waals surface area contributed by atoms with Crippen molar-refractivity contribution >= 4 is 68.3 Å². The summed E-state index contributed by atoms with van der Waals surface area (Å²) < 4.78 is 129. The molecule has 0 amide bonds. The number of nitrogen functional groups attached to an aromatic ring is 1. The topological polar surface area (TPSA) is 266 Å². The molecule has 0 heterocycles. The zero-order valence-electron chi connectivity index (χ0n) is 21.0. The van der Waals surface area contributed by atoms with Crippen LogP contribution in [0, 0.1) is 0 Å². The van der Waals surface area contributed by atoms with Gasteiger partial charge in [0.25, 0.3) is 0 Å². The minimum atomic E-state index is -5.16. The summed E-state index contributed by atoms with van der Waals surface area (Å²) >= 11 is 0. The Morgan fingerprint density at radius 1 is 0.725 bits per heavy atom. The zero-order valence-corrected chi connectivity index (χ0v) is 30.3. The Hall–Kier alpha value is -0.0400. The van der Waals surface area contributed by atoms with Crippen LogP contribution >= 0.6 is 0 Å². The second-order valence-electron chi connectivity index (χ2n) is 7.17. The third-order valence-corrected chi connectivity index (χ3v) is 8.54. The molecule has 0 aliphatic heterocycles. The van der Waals surface area contributed by atoms with Crippen LogP contribution in [-0.2, 0) is 44.7 Å². The number of nitrogens with zero attached hydrogens (tertiary/aromatic N) is 2. The van der Waals surface area contributed by atoms with Crippen LogP contribution in [0.15, 0.2) is 73.4 Å². The number of fused-ring (bicyclic) bond motifs is 1.